The smallest absolute Gasteiger partial charge is 0.234 e. The molecular formula is C13H19ClN2O2. The van der Waals surface area contributed by atoms with Gasteiger partial charge in [0.25, 0.3) is 0 Å². The van der Waals surface area contributed by atoms with Crippen LogP contribution in [-0.4, -0.2) is 49.2 Å². The average molecular weight is 271 g/mol. The molecule has 18 heavy (non-hydrogen) atoms. The van der Waals surface area contributed by atoms with Gasteiger partial charge in [-0.15, -0.1) is 0 Å². The number of aliphatic hydroxyl groups excluding tert-OH is 1. The molecule has 0 spiro atoms. The molecule has 0 aliphatic carbocycles. The van der Waals surface area contributed by atoms with Crippen molar-refractivity contribution in [3.05, 3.63) is 34.9 Å². The third kappa shape index (κ3) is 6.00. The predicted molar refractivity (Wildman–Crippen MR) is 72.7 cm³/mol. The maximum atomic E-state index is 11.5. The van der Waals surface area contributed by atoms with Crippen LogP contribution in [0.15, 0.2) is 24.3 Å². The van der Waals surface area contributed by atoms with Gasteiger partial charge in [-0.2, -0.15) is 0 Å². The second-order valence-corrected chi connectivity index (χ2v) is 4.63. The van der Waals surface area contributed by atoms with Gasteiger partial charge in [-0.3, -0.25) is 9.69 Å². The Morgan fingerprint density at radius 2 is 2.28 bits per heavy atom. The van der Waals surface area contributed by atoms with Crippen LogP contribution in [0.25, 0.3) is 0 Å². The highest BCUT2D eigenvalue weighted by Gasteiger charge is 2.05. The lowest BCUT2D eigenvalue weighted by atomic mass is 10.1. The number of aliphatic hydroxyl groups is 1. The van der Waals surface area contributed by atoms with E-state index in [2.05, 4.69) is 5.32 Å². The fourth-order valence-corrected chi connectivity index (χ4v) is 1.80. The second kappa shape index (κ2) is 8.08. The van der Waals surface area contributed by atoms with Gasteiger partial charge in [0.2, 0.25) is 5.91 Å². The van der Waals surface area contributed by atoms with Crippen molar-refractivity contribution in [2.45, 2.75) is 6.42 Å². The number of hydrogen-bond donors (Lipinski definition) is 2. The second-order valence-electron chi connectivity index (χ2n) is 4.19. The van der Waals surface area contributed by atoms with Gasteiger partial charge in [0.15, 0.2) is 0 Å². The molecule has 0 saturated carbocycles. The molecule has 0 fully saturated rings. The van der Waals surface area contributed by atoms with E-state index in [1.54, 1.807) is 11.9 Å². The first-order valence-electron chi connectivity index (χ1n) is 5.92. The summed E-state index contributed by atoms with van der Waals surface area (Å²) in [5, 5.41) is 12.3. The molecule has 0 aromatic heterocycles. The minimum absolute atomic E-state index is 0.0343. The Balaban J connectivity index is 2.23. The lowest BCUT2D eigenvalue weighted by molar-refractivity contribution is -0.121. The number of likely N-dealkylation sites (N-methyl/N-ethyl adjacent to an activating group) is 1. The molecule has 0 saturated heterocycles. The summed E-state index contributed by atoms with van der Waals surface area (Å²) < 4.78 is 0. The summed E-state index contributed by atoms with van der Waals surface area (Å²) in [6.07, 6.45) is 0.760. The number of carbonyl (C=O) groups is 1. The van der Waals surface area contributed by atoms with E-state index in [0.29, 0.717) is 24.7 Å². The summed E-state index contributed by atoms with van der Waals surface area (Å²) in [5.74, 6) is -0.0343. The molecular weight excluding hydrogens is 252 g/mol. The molecule has 1 amide bonds. The van der Waals surface area contributed by atoms with E-state index in [4.69, 9.17) is 16.7 Å². The van der Waals surface area contributed by atoms with Crippen LogP contribution in [0.4, 0.5) is 0 Å². The van der Waals surface area contributed by atoms with Gasteiger partial charge in [0.1, 0.15) is 0 Å². The highest BCUT2D eigenvalue weighted by Crippen LogP contribution is 2.10. The van der Waals surface area contributed by atoms with Crippen molar-refractivity contribution in [1.29, 1.82) is 0 Å². The molecule has 1 rings (SSSR count). The zero-order valence-corrected chi connectivity index (χ0v) is 11.3. The number of benzene rings is 1. The van der Waals surface area contributed by atoms with Gasteiger partial charge in [0, 0.05) is 18.1 Å². The lowest BCUT2D eigenvalue weighted by Crippen LogP contribution is -2.37. The van der Waals surface area contributed by atoms with Gasteiger partial charge in [-0.05, 0) is 31.2 Å². The molecule has 1 aromatic carbocycles. The summed E-state index contributed by atoms with van der Waals surface area (Å²) in [7, 11) is 1.80. The lowest BCUT2D eigenvalue weighted by Gasteiger charge is -2.14. The highest BCUT2D eigenvalue weighted by molar-refractivity contribution is 6.30. The minimum atomic E-state index is -0.0343. The first kappa shape index (κ1) is 15.0. The van der Waals surface area contributed by atoms with Gasteiger partial charge in [0.05, 0.1) is 13.2 Å². The molecule has 0 atom stereocenters. The number of nitrogens with zero attached hydrogens (tertiary/aromatic N) is 1. The monoisotopic (exact) mass is 270 g/mol. The Bertz CT molecular complexity index is 385. The van der Waals surface area contributed by atoms with Crippen LogP contribution >= 0.6 is 11.6 Å². The van der Waals surface area contributed by atoms with E-state index in [0.717, 1.165) is 12.0 Å². The normalized spacial score (nSPS) is 10.7. The van der Waals surface area contributed by atoms with E-state index in [1.165, 1.54) is 0 Å². The fraction of sp³-hybridized carbons (Fsp3) is 0.462. The Hall–Kier alpha value is -1.10. The maximum absolute atomic E-state index is 11.5. The van der Waals surface area contributed by atoms with Crippen LogP contribution in [0.5, 0.6) is 0 Å². The molecule has 2 N–H and O–H groups in total. The van der Waals surface area contributed by atoms with Crippen molar-refractivity contribution in [2.75, 3.05) is 33.3 Å². The number of carbonyl (C=O) groups excluding carboxylic acids is 1. The van der Waals surface area contributed by atoms with Gasteiger partial charge >= 0.3 is 0 Å². The largest absolute Gasteiger partial charge is 0.395 e. The molecule has 0 bridgehead atoms. The summed E-state index contributed by atoms with van der Waals surface area (Å²) >= 11 is 5.87. The zero-order chi connectivity index (χ0) is 13.4. The van der Waals surface area contributed by atoms with Crippen molar-refractivity contribution < 1.29 is 9.90 Å². The van der Waals surface area contributed by atoms with Crippen LogP contribution in [0.2, 0.25) is 5.02 Å². The Morgan fingerprint density at radius 3 is 2.94 bits per heavy atom. The summed E-state index contributed by atoms with van der Waals surface area (Å²) in [6, 6.07) is 7.60. The Kier molecular flexibility index (Phi) is 6.72. The number of rotatable bonds is 7. The molecule has 0 aliphatic heterocycles. The van der Waals surface area contributed by atoms with Crippen LogP contribution in [0.3, 0.4) is 0 Å². The molecule has 5 heteroatoms. The molecule has 4 nitrogen and oxygen atoms in total. The third-order valence-corrected chi connectivity index (χ3v) is 2.76. The van der Waals surface area contributed by atoms with Gasteiger partial charge in [-0.25, -0.2) is 0 Å². The molecule has 0 heterocycles. The zero-order valence-electron chi connectivity index (χ0n) is 10.5. The maximum Gasteiger partial charge on any atom is 0.234 e. The molecule has 100 valence electrons. The van der Waals surface area contributed by atoms with Crippen molar-refractivity contribution in [3.8, 4) is 0 Å². The van der Waals surface area contributed by atoms with Crippen molar-refractivity contribution in [1.82, 2.24) is 10.2 Å². The van der Waals surface area contributed by atoms with Crippen molar-refractivity contribution in [2.24, 2.45) is 0 Å². The Labute approximate surface area is 113 Å². The quantitative estimate of drug-likeness (QED) is 0.775. The predicted octanol–water partition coefficient (Wildman–Crippen LogP) is 0.923. The number of hydrogen-bond acceptors (Lipinski definition) is 3. The summed E-state index contributed by atoms with van der Waals surface area (Å²) in [4.78, 5) is 13.3. The van der Waals surface area contributed by atoms with E-state index in [-0.39, 0.29) is 12.5 Å². The van der Waals surface area contributed by atoms with Crippen LogP contribution < -0.4 is 5.32 Å². The molecule has 0 unspecified atom stereocenters. The fourth-order valence-electron chi connectivity index (χ4n) is 1.59. The van der Waals surface area contributed by atoms with E-state index < -0.39 is 0 Å². The number of amides is 1. The van der Waals surface area contributed by atoms with Crippen molar-refractivity contribution in [3.63, 3.8) is 0 Å². The van der Waals surface area contributed by atoms with E-state index in [9.17, 15) is 4.79 Å². The standard InChI is InChI=1S/C13H19ClN2O2/c1-16(7-8-17)10-13(18)15-6-5-11-3-2-4-12(14)9-11/h2-4,9,17H,5-8,10H2,1H3,(H,15,18). The molecule has 0 aliphatic rings. The first-order chi connectivity index (χ1) is 8.61. The first-order valence-corrected chi connectivity index (χ1v) is 6.30. The van der Waals surface area contributed by atoms with Crippen LogP contribution in [0.1, 0.15) is 5.56 Å². The molecule has 1 aromatic rings. The summed E-state index contributed by atoms with van der Waals surface area (Å²) in [6.45, 7) is 1.45. The van der Waals surface area contributed by atoms with Crippen LogP contribution in [0, 0.1) is 0 Å². The molecule has 0 radical (unpaired) electrons. The van der Waals surface area contributed by atoms with E-state index >= 15 is 0 Å². The number of nitrogens with one attached hydrogen (secondary N) is 1. The van der Waals surface area contributed by atoms with Gasteiger partial charge < -0.3 is 10.4 Å². The summed E-state index contributed by atoms with van der Waals surface area (Å²) in [5.41, 5.74) is 1.10. The van der Waals surface area contributed by atoms with Gasteiger partial charge in [-0.1, -0.05) is 23.7 Å². The van der Waals surface area contributed by atoms with Crippen molar-refractivity contribution >= 4 is 17.5 Å². The third-order valence-electron chi connectivity index (χ3n) is 2.52. The van der Waals surface area contributed by atoms with Crippen LogP contribution in [-0.2, 0) is 11.2 Å². The number of halogens is 1. The SMILES string of the molecule is CN(CCO)CC(=O)NCCc1cccc(Cl)c1. The topological polar surface area (TPSA) is 52.6 Å². The minimum Gasteiger partial charge on any atom is -0.395 e. The average Bonchev–Trinajstić information content (AvgIpc) is 2.29. The van der Waals surface area contributed by atoms with E-state index in [1.807, 2.05) is 24.3 Å². The Morgan fingerprint density at radius 1 is 1.50 bits per heavy atom. The highest BCUT2D eigenvalue weighted by atomic mass is 35.5.